The maximum absolute atomic E-state index is 13.3. The van der Waals surface area contributed by atoms with Gasteiger partial charge in [0.1, 0.15) is 23.8 Å². The maximum Gasteiger partial charge on any atom is 0.141 e. The minimum absolute atomic E-state index is 0.271. The topological polar surface area (TPSA) is 48.4 Å². The van der Waals surface area contributed by atoms with Crippen molar-refractivity contribution in [1.82, 2.24) is 19.9 Å². The van der Waals surface area contributed by atoms with Crippen molar-refractivity contribution in [2.45, 2.75) is 25.8 Å². The van der Waals surface area contributed by atoms with Crippen molar-refractivity contribution in [3.63, 3.8) is 0 Å². The summed E-state index contributed by atoms with van der Waals surface area (Å²) in [7, 11) is 0. The highest BCUT2D eigenvalue weighted by molar-refractivity contribution is 5.50. The summed E-state index contributed by atoms with van der Waals surface area (Å²) in [5, 5.41) is 0. The van der Waals surface area contributed by atoms with Crippen LogP contribution >= 0.6 is 0 Å². The Morgan fingerprint density at radius 3 is 2.19 bits per heavy atom. The van der Waals surface area contributed by atoms with E-state index in [1.54, 1.807) is 18.6 Å². The van der Waals surface area contributed by atoms with Crippen LogP contribution in [0.3, 0.4) is 0 Å². The number of rotatable bonds is 4. The van der Waals surface area contributed by atoms with Gasteiger partial charge in [0.05, 0.1) is 6.20 Å². The standard InChI is InChI=1S/C19H25FN6/c20-17-10-16(12-21-13-17)14-24-6-8-26(9-7-24)19-11-18(22-15-23-19)25-4-2-1-3-5-25/h10-13,15H,1-9,14H2. The summed E-state index contributed by atoms with van der Waals surface area (Å²) < 4.78 is 13.3. The zero-order chi connectivity index (χ0) is 17.8. The first-order valence-electron chi connectivity index (χ1n) is 9.42. The lowest BCUT2D eigenvalue weighted by atomic mass is 10.1. The Hall–Kier alpha value is -2.28. The Balaban J connectivity index is 1.35. The van der Waals surface area contributed by atoms with Crippen LogP contribution in [0.1, 0.15) is 24.8 Å². The number of nitrogens with zero attached hydrogens (tertiary/aromatic N) is 6. The van der Waals surface area contributed by atoms with Gasteiger partial charge < -0.3 is 9.80 Å². The molecule has 26 heavy (non-hydrogen) atoms. The molecule has 2 aromatic heterocycles. The highest BCUT2D eigenvalue weighted by Crippen LogP contribution is 2.22. The van der Waals surface area contributed by atoms with Gasteiger partial charge in [-0.05, 0) is 30.9 Å². The van der Waals surface area contributed by atoms with E-state index in [2.05, 4.69) is 35.7 Å². The van der Waals surface area contributed by atoms with Crippen molar-refractivity contribution in [3.8, 4) is 0 Å². The Bertz CT molecular complexity index is 725. The molecule has 2 fully saturated rings. The van der Waals surface area contributed by atoms with Gasteiger partial charge in [0.15, 0.2) is 0 Å². The summed E-state index contributed by atoms with van der Waals surface area (Å²) in [4.78, 5) is 19.9. The Morgan fingerprint density at radius 1 is 0.808 bits per heavy atom. The van der Waals surface area contributed by atoms with Gasteiger partial charge in [-0.15, -0.1) is 0 Å². The van der Waals surface area contributed by atoms with E-state index in [1.807, 2.05) is 0 Å². The van der Waals surface area contributed by atoms with Gasteiger partial charge in [-0.1, -0.05) is 0 Å². The van der Waals surface area contributed by atoms with Crippen LogP contribution in [0, 0.1) is 5.82 Å². The third-order valence-electron chi connectivity index (χ3n) is 5.18. The molecule has 0 atom stereocenters. The smallest absolute Gasteiger partial charge is 0.141 e. The Kier molecular flexibility index (Phi) is 5.24. The molecule has 4 rings (SSSR count). The van der Waals surface area contributed by atoms with Gasteiger partial charge in [0, 0.05) is 58.1 Å². The van der Waals surface area contributed by atoms with E-state index in [0.29, 0.717) is 0 Å². The lowest BCUT2D eigenvalue weighted by molar-refractivity contribution is 0.248. The molecule has 0 unspecified atom stereocenters. The van der Waals surface area contributed by atoms with Crippen LogP contribution in [0.25, 0.3) is 0 Å². The fraction of sp³-hybridized carbons (Fsp3) is 0.526. The first-order chi connectivity index (χ1) is 12.8. The molecular formula is C19H25FN6. The van der Waals surface area contributed by atoms with E-state index >= 15 is 0 Å². The first kappa shape index (κ1) is 17.1. The van der Waals surface area contributed by atoms with Gasteiger partial charge in [0.2, 0.25) is 0 Å². The van der Waals surface area contributed by atoms with E-state index in [1.165, 1.54) is 25.5 Å². The van der Waals surface area contributed by atoms with Crippen LogP contribution in [0.15, 0.2) is 30.9 Å². The molecule has 0 aliphatic carbocycles. The third kappa shape index (κ3) is 4.09. The Labute approximate surface area is 153 Å². The van der Waals surface area contributed by atoms with E-state index in [-0.39, 0.29) is 5.82 Å². The molecule has 4 heterocycles. The predicted octanol–water partition coefficient (Wildman–Crippen LogP) is 2.32. The minimum atomic E-state index is -0.271. The molecule has 7 heteroatoms. The van der Waals surface area contributed by atoms with E-state index in [9.17, 15) is 4.39 Å². The number of anilines is 2. The molecule has 0 radical (unpaired) electrons. The highest BCUT2D eigenvalue weighted by atomic mass is 19.1. The fourth-order valence-electron chi connectivity index (χ4n) is 3.74. The number of hydrogen-bond acceptors (Lipinski definition) is 6. The zero-order valence-corrected chi connectivity index (χ0v) is 15.0. The monoisotopic (exact) mass is 356 g/mol. The maximum atomic E-state index is 13.3. The molecule has 0 aromatic carbocycles. The molecule has 0 amide bonds. The normalized spacial score (nSPS) is 19.0. The lowest BCUT2D eigenvalue weighted by Gasteiger charge is -2.36. The van der Waals surface area contributed by atoms with E-state index in [0.717, 1.165) is 63.0 Å². The van der Waals surface area contributed by atoms with Crippen LogP contribution < -0.4 is 9.80 Å². The predicted molar refractivity (Wildman–Crippen MR) is 99.8 cm³/mol. The van der Waals surface area contributed by atoms with Crippen molar-refractivity contribution in [3.05, 3.63) is 42.2 Å². The number of aromatic nitrogens is 3. The van der Waals surface area contributed by atoms with Crippen molar-refractivity contribution >= 4 is 11.6 Å². The molecule has 0 bridgehead atoms. The number of piperazine rings is 1. The van der Waals surface area contributed by atoms with Crippen LogP contribution in [0.5, 0.6) is 0 Å². The fourth-order valence-corrected chi connectivity index (χ4v) is 3.74. The van der Waals surface area contributed by atoms with Gasteiger partial charge in [-0.2, -0.15) is 0 Å². The zero-order valence-electron chi connectivity index (χ0n) is 15.0. The second-order valence-electron chi connectivity index (χ2n) is 7.06. The quantitative estimate of drug-likeness (QED) is 0.838. The SMILES string of the molecule is Fc1cncc(CN2CCN(c3cc(N4CCCCC4)ncn3)CC2)c1. The summed E-state index contributed by atoms with van der Waals surface area (Å²) >= 11 is 0. The molecule has 2 saturated heterocycles. The van der Waals surface area contributed by atoms with Crippen molar-refractivity contribution in [1.29, 1.82) is 0 Å². The molecule has 0 N–H and O–H groups in total. The summed E-state index contributed by atoms with van der Waals surface area (Å²) in [6.07, 6.45) is 8.47. The van der Waals surface area contributed by atoms with Crippen molar-refractivity contribution in [2.75, 3.05) is 49.1 Å². The molecule has 2 aromatic rings. The molecule has 0 saturated carbocycles. The van der Waals surface area contributed by atoms with Gasteiger partial charge >= 0.3 is 0 Å². The second-order valence-corrected chi connectivity index (χ2v) is 7.06. The van der Waals surface area contributed by atoms with Crippen LogP contribution in [-0.2, 0) is 6.54 Å². The number of pyridine rings is 1. The van der Waals surface area contributed by atoms with Crippen molar-refractivity contribution < 1.29 is 4.39 Å². The minimum Gasteiger partial charge on any atom is -0.356 e. The number of halogens is 1. The summed E-state index contributed by atoms with van der Waals surface area (Å²) in [5.41, 5.74) is 0.924. The second kappa shape index (κ2) is 7.95. The van der Waals surface area contributed by atoms with E-state index < -0.39 is 0 Å². The van der Waals surface area contributed by atoms with E-state index in [4.69, 9.17) is 0 Å². The molecule has 2 aliphatic heterocycles. The Morgan fingerprint density at radius 2 is 1.50 bits per heavy atom. The molecule has 6 nitrogen and oxygen atoms in total. The summed E-state index contributed by atoms with van der Waals surface area (Å²) in [6, 6.07) is 3.69. The summed E-state index contributed by atoms with van der Waals surface area (Å²) in [5.74, 6) is 1.78. The molecule has 2 aliphatic rings. The average Bonchev–Trinajstić information content (AvgIpc) is 2.69. The van der Waals surface area contributed by atoms with Gasteiger partial charge in [0.25, 0.3) is 0 Å². The molecular weight excluding hydrogens is 331 g/mol. The van der Waals surface area contributed by atoms with Crippen molar-refractivity contribution in [2.24, 2.45) is 0 Å². The average molecular weight is 356 g/mol. The number of piperidine rings is 1. The van der Waals surface area contributed by atoms with Gasteiger partial charge in [-0.3, -0.25) is 9.88 Å². The third-order valence-corrected chi connectivity index (χ3v) is 5.18. The molecule has 138 valence electrons. The molecule has 0 spiro atoms. The summed E-state index contributed by atoms with van der Waals surface area (Å²) in [6.45, 7) is 6.61. The number of hydrogen-bond donors (Lipinski definition) is 0. The first-order valence-corrected chi connectivity index (χ1v) is 9.42. The van der Waals surface area contributed by atoms with Crippen LogP contribution in [0.4, 0.5) is 16.0 Å². The van der Waals surface area contributed by atoms with Gasteiger partial charge in [-0.25, -0.2) is 14.4 Å². The van der Waals surface area contributed by atoms with Crippen LogP contribution in [0.2, 0.25) is 0 Å². The van der Waals surface area contributed by atoms with Crippen LogP contribution in [-0.4, -0.2) is 59.1 Å². The lowest BCUT2D eigenvalue weighted by Crippen LogP contribution is -2.46. The highest BCUT2D eigenvalue weighted by Gasteiger charge is 2.20. The largest absolute Gasteiger partial charge is 0.356 e.